The van der Waals surface area contributed by atoms with Gasteiger partial charge in [0.15, 0.2) is 0 Å². The van der Waals surface area contributed by atoms with Crippen LogP contribution >= 0.6 is 0 Å². The van der Waals surface area contributed by atoms with Crippen LogP contribution in [0.4, 0.5) is 4.39 Å². The molecule has 1 aromatic rings. The highest BCUT2D eigenvalue weighted by atomic mass is 19.1. The van der Waals surface area contributed by atoms with E-state index in [2.05, 4.69) is 13.8 Å². The lowest BCUT2D eigenvalue weighted by Crippen LogP contribution is -2.07. The molecule has 0 aromatic heterocycles. The number of hydrogen-bond acceptors (Lipinski definition) is 2. The molecule has 1 aromatic carbocycles. The van der Waals surface area contributed by atoms with Crippen LogP contribution in [0.3, 0.4) is 0 Å². The zero-order valence-electron chi connectivity index (χ0n) is 9.00. The van der Waals surface area contributed by atoms with Crippen LogP contribution in [0.1, 0.15) is 30.6 Å². The third kappa shape index (κ3) is 4.11. The molecule has 0 aliphatic heterocycles. The molecule has 0 fully saturated rings. The van der Waals surface area contributed by atoms with Gasteiger partial charge in [0.2, 0.25) is 0 Å². The number of esters is 1. The largest absolute Gasteiger partial charge is 0.462 e. The summed E-state index contributed by atoms with van der Waals surface area (Å²) in [5.74, 6) is -0.240. The average Bonchev–Trinajstić information content (AvgIpc) is 2.18. The van der Waals surface area contributed by atoms with Gasteiger partial charge in [0.25, 0.3) is 0 Å². The normalized spacial score (nSPS) is 10.4. The van der Waals surface area contributed by atoms with E-state index in [4.69, 9.17) is 4.74 Å². The van der Waals surface area contributed by atoms with Crippen LogP contribution in [0.2, 0.25) is 0 Å². The van der Waals surface area contributed by atoms with E-state index in [9.17, 15) is 9.18 Å². The fraction of sp³-hybridized carbons (Fsp3) is 0.417. The molecule has 15 heavy (non-hydrogen) atoms. The minimum atomic E-state index is -0.393. The van der Waals surface area contributed by atoms with Gasteiger partial charge < -0.3 is 4.74 Å². The van der Waals surface area contributed by atoms with Crippen LogP contribution in [-0.4, -0.2) is 12.6 Å². The molecule has 82 valence electrons. The summed E-state index contributed by atoms with van der Waals surface area (Å²) in [6, 6.07) is 5.35. The standard InChI is InChI=1S/C12H15FO2/c1-9(2)7-8-15-12(14)10-3-5-11(13)6-4-10/h3-6,9H,7-8H2,1-2H3. The maximum absolute atomic E-state index is 12.6. The van der Waals surface area contributed by atoms with E-state index in [-0.39, 0.29) is 5.82 Å². The molecule has 0 heterocycles. The highest BCUT2D eigenvalue weighted by Crippen LogP contribution is 2.06. The van der Waals surface area contributed by atoms with Crippen LogP contribution in [0.5, 0.6) is 0 Å². The Balaban J connectivity index is 2.43. The molecule has 0 saturated carbocycles. The van der Waals surface area contributed by atoms with Crippen molar-refractivity contribution in [2.24, 2.45) is 5.92 Å². The molecule has 3 heteroatoms. The molecule has 1 rings (SSSR count). The number of carbonyl (C=O) groups excluding carboxylic acids is 1. The molecule has 0 saturated heterocycles. The second-order valence-electron chi connectivity index (χ2n) is 3.83. The van der Waals surface area contributed by atoms with E-state index >= 15 is 0 Å². The molecule has 2 nitrogen and oxygen atoms in total. The number of halogens is 1. The predicted molar refractivity (Wildman–Crippen MR) is 56.1 cm³/mol. The molecule has 0 N–H and O–H groups in total. The van der Waals surface area contributed by atoms with Crippen molar-refractivity contribution in [3.8, 4) is 0 Å². The Bertz CT molecular complexity index is 317. The van der Waals surface area contributed by atoms with Crippen LogP contribution in [0, 0.1) is 11.7 Å². The summed E-state index contributed by atoms with van der Waals surface area (Å²) in [4.78, 5) is 11.4. The molecule has 0 radical (unpaired) electrons. The molecular weight excluding hydrogens is 195 g/mol. The summed E-state index contributed by atoms with van der Waals surface area (Å²) in [5.41, 5.74) is 0.389. The van der Waals surface area contributed by atoms with E-state index in [1.165, 1.54) is 24.3 Å². The van der Waals surface area contributed by atoms with Crippen molar-refractivity contribution in [1.82, 2.24) is 0 Å². The van der Waals surface area contributed by atoms with Gasteiger partial charge in [-0.25, -0.2) is 9.18 Å². The van der Waals surface area contributed by atoms with Crippen molar-refractivity contribution in [2.75, 3.05) is 6.61 Å². The lowest BCUT2D eigenvalue weighted by Gasteiger charge is -2.06. The van der Waals surface area contributed by atoms with Gasteiger partial charge in [-0.15, -0.1) is 0 Å². The monoisotopic (exact) mass is 210 g/mol. The Labute approximate surface area is 89.1 Å². The second-order valence-corrected chi connectivity index (χ2v) is 3.83. The first-order valence-electron chi connectivity index (χ1n) is 5.02. The zero-order chi connectivity index (χ0) is 11.3. The quantitative estimate of drug-likeness (QED) is 0.714. The van der Waals surface area contributed by atoms with Crippen LogP contribution in [-0.2, 0) is 4.74 Å². The van der Waals surface area contributed by atoms with Gasteiger partial charge in [-0.3, -0.25) is 0 Å². The fourth-order valence-corrected chi connectivity index (χ4v) is 1.06. The van der Waals surface area contributed by atoms with Crippen molar-refractivity contribution in [3.63, 3.8) is 0 Å². The lowest BCUT2D eigenvalue weighted by atomic mass is 10.1. The predicted octanol–water partition coefficient (Wildman–Crippen LogP) is 3.03. The van der Waals surface area contributed by atoms with Gasteiger partial charge in [-0.05, 0) is 36.6 Å². The van der Waals surface area contributed by atoms with E-state index in [0.29, 0.717) is 18.1 Å². The Morgan fingerprint density at radius 1 is 1.33 bits per heavy atom. The molecule has 0 bridgehead atoms. The highest BCUT2D eigenvalue weighted by Gasteiger charge is 2.06. The van der Waals surface area contributed by atoms with Crippen molar-refractivity contribution in [1.29, 1.82) is 0 Å². The van der Waals surface area contributed by atoms with Crippen molar-refractivity contribution in [2.45, 2.75) is 20.3 Å². The van der Waals surface area contributed by atoms with Crippen LogP contribution in [0.25, 0.3) is 0 Å². The number of benzene rings is 1. The summed E-state index contributed by atoms with van der Waals surface area (Å²) in [6.45, 7) is 4.53. The van der Waals surface area contributed by atoms with Gasteiger partial charge in [0.1, 0.15) is 5.82 Å². The number of ether oxygens (including phenoxy) is 1. The average molecular weight is 210 g/mol. The smallest absolute Gasteiger partial charge is 0.338 e. The highest BCUT2D eigenvalue weighted by molar-refractivity contribution is 5.89. The summed E-state index contributed by atoms with van der Waals surface area (Å²) < 4.78 is 17.6. The Morgan fingerprint density at radius 3 is 2.47 bits per heavy atom. The minimum absolute atomic E-state index is 0.353. The molecule has 0 aliphatic carbocycles. The molecule has 0 spiro atoms. The summed E-state index contributed by atoms with van der Waals surface area (Å²) >= 11 is 0. The van der Waals surface area contributed by atoms with Gasteiger partial charge in [0.05, 0.1) is 12.2 Å². The lowest BCUT2D eigenvalue weighted by molar-refractivity contribution is 0.0488. The summed E-state index contributed by atoms with van der Waals surface area (Å²) in [5, 5.41) is 0. The number of carbonyl (C=O) groups is 1. The molecule has 0 unspecified atom stereocenters. The number of hydrogen-bond donors (Lipinski definition) is 0. The Hall–Kier alpha value is -1.38. The second kappa shape index (κ2) is 5.49. The first-order valence-corrected chi connectivity index (χ1v) is 5.02. The van der Waals surface area contributed by atoms with Crippen molar-refractivity contribution >= 4 is 5.97 Å². The van der Waals surface area contributed by atoms with Gasteiger partial charge >= 0.3 is 5.97 Å². The van der Waals surface area contributed by atoms with Crippen LogP contribution < -0.4 is 0 Å². The molecular formula is C12H15FO2. The van der Waals surface area contributed by atoms with Gasteiger partial charge in [0, 0.05) is 0 Å². The van der Waals surface area contributed by atoms with E-state index in [1.54, 1.807) is 0 Å². The first-order chi connectivity index (χ1) is 7.09. The topological polar surface area (TPSA) is 26.3 Å². The van der Waals surface area contributed by atoms with Crippen LogP contribution in [0.15, 0.2) is 24.3 Å². The maximum Gasteiger partial charge on any atom is 0.338 e. The van der Waals surface area contributed by atoms with E-state index in [0.717, 1.165) is 6.42 Å². The SMILES string of the molecule is CC(C)CCOC(=O)c1ccc(F)cc1. The third-order valence-corrected chi connectivity index (χ3v) is 2.01. The fourth-order valence-electron chi connectivity index (χ4n) is 1.06. The minimum Gasteiger partial charge on any atom is -0.462 e. The van der Waals surface area contributed by atoms with E-state index < -0.39 is 5.97 Å². The maximum atomic E-state index is 12.6. The molecule has 0 aliphatic rings. The summed E-state index contributed by atoms with van der Waals surface area (Å²) in [7, 11) is 0. The zero-order valence-corrected chi connectivity index (χ0v) is 9.00. The Morgan fingerprint density at radius 2 is 1.93 bits per heavy atom. The summed E-state index contributed by atoms with van der Waals surface area (Å²) in [6.07, 6.45) is 0.840. The first kappa shape index (κ1) is 11.7. The third-order valence-electron chi connectivity index (χ3n) is 2.01. The van der Waals surface area contributed by atoms with Gasteiger partial charge in [-0.2, -0.15) is 0 Å². The van der Waals surface area contributed by atoms with Crippen molar-refractivity contribution < 1.29 is 13.9 Å². The van der Waals surface area contributed by atoms with E-state index in [1.807, 2.05) is 0 Å². The molecule has 0 atom stereocenters. The van der Waals surface area contributed by atoms with Crippen molar-refractivity contribution in [3.05, 3.63) is 35.6 Å². The Kier molecular flexibility index (Phi) is 4.28. The molecule has 0 amide bonds. The number of rotatable bonds is 4. The van der Waals surface area contributed by atoms with Gasteiger partial charge in [-0.1, -0.05) is 13.8 Å².